The van der Waals surface area contributed by atoms with Crippen molar-refractivity contribution in [2.75, 3.05) is 13.2 Å². The topological polar surface area (TPSA) is 47.3 Å². The number of nitrogens with one attached hydrogen (secondary N) is 1. The maximum Gasteiger partial charge on any atom is 0.127 e. The number of hydrogen-bond acceptors (Lipinski definition) is 3. The highest BCUT2D eigenvalue weighted by Gasteiger charge is 2.20. The summed E-state index contributed by atoms with van der Waals surface area (Å²) >= 11 is 6.04. The molecule has 0 saturated carbocycles. The van der Waals surface area contributed by atoms with Gasteiger partial charge in [0.25, 0.3) is 0 Å². The van der Waals surface area contributed by atoms with Crippen LogP contribution in [0.4, 0.5) is 4.39 Å². The number of rotatable bonds is 5. The van der Waals surface area contributed by atoms with Crippen LogP contribution in [0.1, 0.15) is 24.8 Å². The van der Waals surface area contributed by atoms with E-state index in [4.69, 9.17) is 22.2 Å². The smallest absolute Gasteiger partial charge is 0.127 e. The van der Waals surface area contributed by atoms with Crippen LogP contribution >= 0.6 is 11.6 Å². The fourth-order valence-electron chi connectivity index (χ4n) is 2.57. The van der Waals surface area contributed by atoms with Crippen molar-refractivity contribution >= 4 is 11.6 Å². The highest BCUT2D eigenvalue weighted by molar-refractivity contribution is 6.31. The van der Waals surface area contributed by atoms with Crippen molar-refractivity contribution in [3.05, 3.63) is 34.6 Å². The molecule has 3 nitrogen and oxygen atoms in total. The molecule has 106 valence electrons. The van der Waals surface area contributed by atoms with Gasteiger partial charge in [0.1, 0.15) is 5.82 Å². The Balaban J connectivity index is 1.98. The fourth-order valence-corrected chi connectivity index (χ4v) is 2.81. The SMILES string of the molecule is NNC(Cc1c(F)cccc1Cl)CC1CCOCC1. The van der Waals surface area contributed by atoms with E-state index in [2.05, 4.69) is 5.43 Å². The first kappa shape index (κ1) is 14.7. The Labute approximate surface area is 118 Å². The predicted octanol–water partition coefficient (Wildman–Crippen LogP) is 2.67. The monoisotopic (exact) mass is 286 g/mol. The molecule has 3 N–H and O–H groups in total. The van der Waals surface area contributed by atoms with Crippen LogP contribution in [0.25, 0.3) is 0 Å². The predicted molar refractivity (Wildman–Crippen MR) is 74.4 cm³/mol. The molecule has 1 aliphatic rings. The Kier molecular flexibility index (Phi) is 5.58. The highest BCUT2D eigenvalue weighted by Crippen LogP contribution is 2.25. The molecule has 1 atom stereocenters. The number of ether oxygens (including phenoxy) is 1. The van der Waals surface area contributed by atoms with Crippen LogP contribution in [-0.2, 0) is 11.2 Å². The van der Waals surface area contributed by atoms with Crippen LogP contribution in [0.15, 0.2) is 18.2 Å². The molecule has 1 aliphatic heterocycles. The van der Waals surface area contributed by atoms with E-state index in [0.29, 0.717) is 22.9 Å². The Morgan fingerprint density at radius 2 is 2.16 bits per heavy atom. The maximum atomic E-state index is 13.8. The van der Waals surface area contributed by atoms with E-state index in [1.165, 1.54) is 6.07 Å². The van der Waals surface area contributed by atoms with Crippen molar-refractivity contribution in [1.82, 2.24) is 5.43 Å². The molecule has 19 heavy (non-hydrogen) atoms. The van der Waals surface area contributed by atoms with E-state index in [0.717, 1.165) is 32.5 Å². The van der Waals surface area contributed by atoms with Gasteiger partial charge in [-0.15, -0.1) is 0 Å². The first-order valence-corrected chi connectivity index (χ1v) is 7.05. The first-order valence-electron chi connectivity index (χ1n) is 6.67. The van der Waals surface area contributed by atoms with Crippen LogP contribution in [0.5, 0.6) is 0 Å². The van der Waals surface area contributed by atoms with Crippen molar-refractivity contribution in [2.45, 2.75) is 31.7 Å². The van der Waals surface area contributed by atoms with E-state index in [1.54, 1.807) is 12.1 Å². The quantitative estimate of drug-likeness (QED) is 0.646. The standard InChI is InChI=1S/C14H20ClFN2O/c15-13-2-1-3-14(16)12(13)9-11(18-17)8-10-4-6-19-7-5-10/h1-3,10-11,18H,4-9,17H2. The zero-order chi connectivity index (χ0) is 13.7. The lowest BCUT2D eigenvalue weighted by Crippen LogP contribution is -2.39. The third kappa shape index (κ3) is 4.14. The molecule has 1 aromatic carbocycles. The number of hydrogen-bond donors (Lipinski definition) is 2. The summed E-state index contributed by atoms with van der Waals surface area (Å²) in [5, 5.41) is 0.465. The van der Waals surface area contributed by atoms with Gasteiger partial charge >= 0.3 is 0 Å². The van der Waals surface area contributed by atoms with Gasteiger partial charge in [-0.25, -0.2) is 4.39 Å². The van der Waals surface area contributed by atoms with Gasteiger partial charge in [0, 0.05) is 29.8 Å². The largest absolute Gasteiger partial charge is 0.381 e. The summed E-state index contributed by atoms with van der Waals surface area (Å²) in [4.78, 5) is 0. The average Bonchev–Trinajstić information content (AvgIpc) is 2.43. The normalized spacial score (nSPS) is 18.5. The van der Waals surface area contributed by atoms with Crippen molar-refractivity contribution in [1.29, 1.82) is 0 Å². The first-order chi connectivity index (χ1) is 9.20. The summed E-state index contributed by atoms with van der Waals surface area (Å²) in [5.41, 5.74) is 3.33. The second-order valence-electron chi connectivity index (χ2n) is 5.06. The zero-order valence-corrected chi connectivity index (χ0v) is 11.6. The summed E-state index contributed by atoms with van der Waals surface area (Å²) in [7, 11) is 0. The lowest BCUT2D eigenvalue weighted by molar-refractivity contribution is 0.0605. The molecule has 2 rings (SSSR count). The van der Waals surface area contributed by atoms with E-state index < -0.39 is 0 Å². The summed E-state index contributed by atoms with van der Waals surface area (Å²) < 4.78 is 19.1. The van der Waals surface area contributed by atoms with Gasteiger partial charge in [0.15, 0.2) is 0 Å². The van der Waals surface area contributed by atoms with Crippen molar-refractivity contribution < 1.29 is 9.13 Å². The van der Waals surface area contributed by atoms with Crippen LogP contribution < -0.4 is 11.3 Å². The van der Waals surface area contributed by atoms with Crippen LogP contribution in [-0.4, -0.2) is 19.3 Å². The molecule has 1 aromatic rings. The molecular formula is C14H20ClFN2O. The molecule has 1 saturated heterocycles. The Morgan fingerprint density at radius 1 is 1.42 bits per heavy atom. The van der Waals surface area contributed by atoms with E-state index in [-0.39, 0.29) is 11.9 Å². The minimum absolute atomic E-state index is 0.0394. The van der Waals surface area contributed by atoms with Gasteiger partial charge in [0.2, 0.25) is 0 Å². The zero-order valence-electron chi connectivity index (χ0n) is 10.9. The molecule has 1 heterocycles. The second-order valence-corrected chi connectivity index (χ2v) is 5.47. The third-order valence-electron chi connectivity index (χ3n) is 3.71. The molecular weight excluding hydrogens is 267 g/mol. The molecule has 1 fully saturated rings. The van der Waals surface area contributed by atoms with Crippen molar-refractivity contribution in [3.63, 3.8) is 0 Å². The van der Waals surface area contributed by atoms with Gasteiger partial charge in [0.05, 0.1) is 0 Å². The van der Waals surface area contributed by atoms with Crippen molar-refractivity contribution in [3.8, 4) is 0 Å². The number of halogens is 2. The molecule has 0 aliphatic carbocycles. The van der Waals surface area contributed by atoms with Crippen LogP contribution in [0.3, 0.4) is 0 Å². The summed E-state index contributed by atoms with van der Waals surface area (Å²) in [6.45, 7) is 1.62. The second kappa shape index (κ2) is 7.20. The molecule has 0 amide bonds. The van der Waals surface area contributed by atoms with E-state index >= 15 is 0 Å². The molecule has 5 heteroatoms. The van der Waals surface area contributed by atoms with E-state index in [1.807, 2.05) is 0 Å². The van der Waals surface area contributed by atoms with Crippen LogP contribution in [0, 0.1) is 11.7 Å². The maximum absolute atomic E-state index is 13.8. The Bertz CT molecular complexity index is 390. The summed E-state index contributed by atoms with van der Waals surface area (Å²) in [6.07, 6.45) is 3.52. The lowest BCUT2D eigenvalue weighted by Gasteiger charge is -2.26. The van der Waals surface area contributed by atoms with Crippen LogP contribution in [0.2, 0.25) is 5.02 Å². The molecule has 0 aromatic heterocycles. The Morgan fingerprint density at radius 3 is 2.79 bits per heavy atom. The fraction of sp³-hybridized carbons (Fsp3) is 0.571. The molecule has 0 spiro atoms. The third-order valence-corrected chi connectivity index (χ3v) is 4.06. The molecule has 0 radical (unpaired) electrons. The number of hydrazine groups is 1. The summed E-state index contributed by atoms with van der Waals surface area (Å²) in [5.74, 6) is 5.91. The van der Waals surface area contributed by atoms with Gasteiger partial charge in [-0.1, -0.05) is 17.7 Å². The molecule has 0 bridgehead atoms. The van der Waals surface area contributed by atoms with Crippen molar-refractivity contribution in [2.24, 2.45) is 11.8 Å². The average molecular weight is 287 g/mol. The number of benzene rings is 1. The van der Waals surface area contributed by atoms with Gasteiger partial charge in [-0.05, 0) is 43.7 Å². The van der Waals surface area contributed by atoms with Gasteiger partial charge in [-0.3, -0.25) is 11.3 Å². The Hall–Kier alpha value is -0.680. The minimum atomic E-state index is -0.264. The van der Waals surface area contributed by atoms with Gasteiger partial charge in [-0.2, -0.15) is 0 Å². The minimum Gasteiger partial charge on any atom is -0.381 e. The number of nitrogens with two attached hydrogens (primary N) is 1. The lowest BCUT2D eigenvalue weighted by atomic mass is 9.90. The molecule has 1 unspecified atom stereocenters. The summed E-state index contributed by atoms with van der Waals surface area (Å²) in [6, 6.07) is 4.80. The highest BCUT2D eigenvalue weighted by atomic mass is 35.5. The van der Waals surface area contributed by atoms with E-state index in [9.17, 15) is 4.39 Å². The van der Waals surface area contributed by atoms with Gasteiger partial charge < -0.3 is 4.74 Å².